The smallest absolute Gasteiger partial charge is 0.232 e. The second-order valence-corrected chi connectivity index (χ2v) is 10.0. The molecule has 0 atom stereocenters. The summed E-state index contributed by atoms with van der Waals surface area (Å²) in [7, 11) is 3.87. The second kappa shape index (κ2) is 10.5. The summed E-state index contributed by atoms with van der Waals surface area (Å²) < 4.78 is 21.9. The molecule has 6 rings (SSSR count). The molecule has 4 aromatic rings. The van der Waals surface area contributed by atoms with Crippen molar-refractivity contribution in [3.05, 3.63) is 60.5 Å². The molecule has 0 saturated carbocycles. The van der Waals surface area contributed by atoms with Gasteiger partial charge in [0.1, 0.15) is 11.6 Å². The van der Waals surface area contributed by atoms with E-state index in [1.807, 2.05) is 6.07 Å². The van der Waals surface area contributed by atoms with Crippen molar-refractivity contribution in [2.75, 3.05) is 63.6 Å². The molecule has 10 heteroatoms. The number of ether oxygens (including phenoxy) is 1. The van der Waals surface area contributed by atoms with Crippen LogP contribution in [0.1, 0.15) is 12.8 Å². The average Bonchev–Trinajstić information content (AvgIpc) is 3.43. The van der Waals surface area contributed by atoms with Crippen LogP contribution in [0.3, 0.4) is 0 Å². The van der Waals surface area contributed by atoms with Crippen LogP contribution in [0.25, 0.3) is 17.0 Å². The van der Waals surface area contributed by atoms with Crippen LogP contribution >= 0.6 is 0 Å². The lowest BCUT2D eigenvalue weighted by atomic mass is 10.0. The zero-order chi connectivity index (χ0) is 26.1. The normalized spacial score (nSPS) is 17.7. The lowest BCUT2D eigenvalue weighted by Gasteiger charge is -2.42. The number of halogens is 1. The minimum Gasteiger partial charge on any atom is -0.494 e. The summed E-state index contributed by atoms with van der Waals surface area (Å²) in [6.07, 6.45) is 3.98. The Hall–Kier alpha value is -3.76. The number of nitrogens with zero attached hydrogens (tertiary/aromatic N) is 7. The summed E-state index contributed by atoms with van der Waals surface area (Å²) in [5.74, 6) is 1.05. The van der Waals surface area contributed by atoms with Crippen molar-refractivity contribution in [1.82, 2.24) is 29.4 Å². The summed E-state index contributed by atoms with van der Waals surface area (Å²) in [5, 5.41) is 7.69. The fourth-order valence-electron chi connectivity index (χ4n) is 5.45. The largest absolute Gasteiger partial charge is 0.494 e. The molecule has 0 radical (unpaired) electrons. The standard InChI is InChI=1S/C28H33FN8O/c1-34-15-17-36(18-16-34)20-10-13-35(14-11-20)21-7-8-24(25(19-21)38-2)31-28-33-27(22-5-3-4-6-23(22)29)32-26-9-12-30-37(26)28/h3-9,12,19-20H,10-11,13-18H2,1-2H3,(H,31,32,33). The predicted molar refractivity (Wildman–Crippen MR) is 147 cm³/mol. The SMILES string of the molecule is COc1cc(N2CCC(N3CCN(C)CC3)CC2)ccc1Nc1nc(-c2ccccc2F)nc2ccnn12. The van der Waals surface area contributed by atoms with Crippen molar-refractivity contribution in [3.8, 4) is 17.1 Å². The van der Waals surface area contributed by atoms with Gasteiger partial charge in [0.15, 0.2) is 11.5 Å². The van der Waals surface area contributed by atoms with Gasteiger partial charge in [-0.1, -0.05) is 12.1 Å². The minimum atomic E-state index is -0.374. The van der Waals surface area contributed by atoms with Crippen molar-refractivity contribution in [1.29, 1.82) is 0 Å². The minimum absolute atomic E-state index is 0.289. The van der Waals surface area contributed by atoms with Crippen molar-refractivity contribution >= 4 is 23.0 Å². The van der Waals surface area contributed by atoms with Gasteiger partial charge in [0.2, 0.25) is 5.95 Å². The Bertz CT molecular complexity index is 1410. The van der Waals surface area contributed by atoms with Crippen molar-refractivity contribution in [3.63, 3.8) is 0 Å². The Morgan fingerprint density at radius 2 is 1.74 bits per heavy atom. The molecule has 0 amide bonds. The van der Waals surface area contributed by atoms with Gasteiger partial charge in [0.05, 0.1) is 24.6 Å². The molecule has 0 spiro atoms. The lowest BCUT2D eigenvalue weighted by molar-refractivity contribution is 0.0982. The van der Waals surface area contributed by atoms with Crippen LogP contribution in [0.4, 0.5) is 21.7 Å². The van der Waals surface area contributed by atoms with E-state index in [-0.39, 0.29) is 11.6 Å². The molecule has 2 aromatic heterocycles. The number of piperazine rings is 1. The van der Waals surface area contributed by atoms with Gasteiger partial charge in [0.25, 0.3) is 0 Å². The van der Waals surface area contributed by atoms with Crippen LogP contribution in [-0.2, 0) is 0 Å². The highest BCUT2D eigenvalue weighted by Gasteiger charge is 2.27. The fraction of sp³-hybridized carbons (Fsp3) is 0.393. The summed E-state index contributed by atoms with van der Waals surface area (Å²) in [5.41, 5.74) is 2.79. The molecular weight excluding hydrogens is 483 g/mol. The fourth-order valence-corrected chi connectivity index (χ4v) is 5.45. The number of benzene rings is 2. The first-order chi connectivity index (χ1) is 18.6. The molecule has 2 saturated heterocycles. The van der Waals surface area contributed by atoms with Crippen LogP contribution in [0.15, 0.2) is 54.7 Å². The van der Waals surface area contributed by atoms with Gasteiger partial charge < -0.3 is 19.9 Å². The Kier molecular flexibility index (Phi) is 6.82. The van der Waals surface area contributed by atoms with Crippen LogP contribution in [0, 0.1) is 5.82 Å². The van der Waals surface area contributed by atoms with Crippen molar-refractivity contribution < 1.29 is 9.13 Å². The molecule has 0 unspecified atom stereocenters. The molecule has 2 aliphatic heterocycles. The number of likely N-dealkylation sites (N-methyl/N-ethyl adjacent to an activating group) is 1. The first-order valence-corrected chi connectivity index (χ1v) is 13.2. The van der Waals surface area contributed by atoms with E-state index in [2.05, 4.69) is 54.3 Å². The van der Waals surface area contributed by atoms with Crippen molar-refractivity contribution in [2.45, 2.75) is 18.9 Å². The van der Waals surface area contributed by atoms with E-state index < -0.39 is 0 Å². The highest BCUT2D eigenvalue weighted by Crippen LogP contribution is 2.34. The van der Waals surface area contributed by atoms with Crippen molar-refractivity contribution in [2.24, 2.45) is 0 Å². The van der Waals surface area contributed by atoms with Crippen LogP contribution in [0.2, 0.25) is 0 Å². The monoisotopic (exact) mass is 516 g/mol. The van der Waals surface area contributed by atoms with E-state index in [0.717, 1.165) is 37.6 Å². The van der Waals surface area contributed by atoms with Gasteiger partial charge in [-0.05, 0) is 44.2 Å². The summed E-state index contributed by atoms with van der Waals surface area (Å²) in [6, 6.07) is 15.1. The molecule has 2 fully saturated rings. The maximum atomic E-state index is 14.5. The Morgan fingerprint density at radius 1 is 0.947 bits per heavy atom. The van der Waals surface area contributed by atoms with Gasteiger partial charge in [-0.3, -0.25) is 4.90 Å². The maximum absolute atomic E-state index is 14.5. The van der Waals surface area contributed by atoms with E-state index in [1.165, 1.54) is 32.0 Å². The first kappa shape index (κ1) is 24.6. The summed E-state index contributed by atoms with van der Waals surface area (Å²) >= 11 is 0. The molecular formula is C28H33FN8O. The molecule has 1 N–H and O–H groups in total. The Labute approximate surface area is 221 Å². The van der Waals surface area contributed by atoms with Crippen LogP contribution in [-0.4, -0.2) is 88.8 Å². The number of hydrogen-bond acceptors (Lipinski definition) is 8. The quantitative estimate of drug-likeness (QED) is 0.414. The molecule has 2 aromatic carbocycles. The number of rotatable bonds is 6. The van der Waals surface area contributed by atoms with E-state index in [4.69, 9.17) is 4.74 Å². The number of piperidine rings is 1. The zero-order valence-corrected chi connectivity index (χ0v) is 21.8. The maximum Gasteiger partial charge on any atom is 0.232 e. The van der Waals surface area contributed by atoms with E-state index in [0.29, 0.717) is 29.0 Å². The summed E-state index contributed by atoms with van der Waals surface area (Å²) in [6.45, 7) is 6.70. The van der Waals surface area contributed by atoms with Gasteiger partial charge in [-0.15, -0.1) is 0 Å². The van der Waals surface area contributed by atoms with E-state index in [1.54, 1.807) is 42.1 Å². The highest BCUT2D eigenvalue weighted by molar-refractivity contribution is 5.70. The van der Waals surface area contributed by atoms with Crippen LogP contribution in [0.5, 0.6) is 5.75 Å². The van der Waals surface area contributed by atoms with Gasteiger partial charge in [-0.2, -0.15) is 14.6 Å². The Balaban J connectivity index is 1.21. The van der Waals surface area contributed by atoms with Gasteiger partial charge in [-0.25, -0.2) is 9.37 Å². The molecule has 9 nitrogen and oxygen atoms in total. The first-order valence-electron chi connectivity index (χ1n) is 13.2. The number of anilines is 3. The second-order valence-electron chi connectivity index (χ2n) is 10.0. The highest BCUT2D eigenvalue weighted by atomic mass is 19.1. The molecule has 198 valence electrons. The molecule has 2 aliphatic rings. The third kappa shape index (κ3) is 4.89. The van der Waals surface area contributed by atoms with E-state index in [9.17, 15) is 4.39 Å². The lowest BCUT2D eigenvalue weighted by Crippen LogP contribution is -2.52. The molecule has 0 bridgehead atoms. The number of nitrogens with one attached hydrogen (secondary N) is 1. The third-order valence-electron chi connectivity index (χ3n) is 7.69. The van der Waals surface area contributed by atoms with Gasteiger partial charge in [0, 0.05) is 63.1 Å². The number of methoxy groups -OCH3 is 1. The van der Waals surface area contributed by atoms with Gasteiger partial charge >= 0.3 is 0 Å². The Morgan fingerprint density at radius 3 is 2.50 bits per heavy atom. The number of aromatic nitrogens is 4. The topological polar surface area (TPSA) is 74.1 Å². The van der Waals surface area contributed by atoms with E-state index >= 15 is 0 Å². The predicted octanol–water partition coefficient (Wildman–Crippen LogP) is 3.90. The van der Waals surface area contributed by atoms with Crippen LogP contribution < -0.4 is 15.0 Å². The molecule has 4 heterocycles. The molecule has 0 aliphatic carbocycles. The average molecular weight is 517 g/mol. The zero-order valence-electron chi connectivity index (χ0n) is 21.8. The molecule has 38 heavy (non-hydrogen) atoms. The number of fused-ring (bicyclic) bond motifs is 1. The number of hydrogen-bond donors (Lipinski definition) is 1. The summed E-state index contributed by atoms with van der Waals surface area (Å²) in [4.78, 5) is 16.6. The third-order valence-corrected chi connectivity index (χ3v) is 7.69.